The third kappa shape index (κ3) is 2.67. The molecule has 1 unspecified atom stereocenters. The normalized spacial score (nSPS) is 22.3. The first-order chi connectivity index (χ1) is 12.5. The predicted molar refractivity (Wildman–Crippen MR) is 87.7 cm³/mol. The van der Waals surface area contributed by atoms with Crippen LogP contribution in [0.3, 0.4) is 0 Å². The fourth-order valence-electron chi connectivity index (χ4n) is 3.40. The van der Waals surface area contributed by atoms with Crippen molar-refractivity contribution in [3.05, 3.63) is 34.9 Å². The average molecular weight is 355 g/mol. The second-order valence-electron chi connectivity index (χ2n) is 6.78. The highest BCUT2D eigenvalue weighted by Gasteiger charge is 2.45. The summed E-state index contributed by atoms with van der Waals surface area (Å²) in [5.41, 5.74) is 0.987. The van der Waals surface area contributed by atoms with Crippen LogP contribution in [-0.2, 0) is 20.9 Å². The molecule has 8 nitrogen and oxygen atoms in total. The maximum absolute atomic E-state index is 12.9. The van der Waals surface area contributed by atoms with Gasteiger partial charge in [-0.3, -0.25) is 34.2 Å². The Balaban J connectivity index is 1.59. The second-order valence-corrected chi connectivity index (χ2v) is 6.78. The molecular formula is C18H17N3O5. The Morgan fingerprint density at radius 3 is 2.58 bits per heavy atom. The van der Waals surface area contributed by atoms with Crippen molar-refractivity contribution < 1.29 is 24.0 Å². The first-order valence-electron chi connectivity index (χ1n) is 8.58. The molecular weight excluding hydrogens is 338 g/mol. The van der Waals surface area contributed by atoms with Crippen molar-refractivity contribution in [3.63, 3.8) is 0 Å². The number of carbonyl (C=O) groups excluding carboxylic acids is 5. The summed E-state index contributed by atoms with van der Waals surface area (Å²) in [6.45, 7) is 0.153. The van der Waals surface area contributed by atoms with Gasteiger partial charge in [0, 0.05) is 18.9 Å². The molecule has 8 heteroatoms. The second kappa shape index (κ2) is 6.05. The Bertz CT molecular complexity index is 858. The number of amides is 5. The monoisotopic (exact) mass is 355 g/mol. The van der Waals surface area contributed by atoms with E-state index in [9.17, 15) is 24.0 Å². The number of fused-ring (bicyclic) bond motifs is 1. The summed E-state index contributed by atoms with van der Waals surface area (Å²) >= 11 is 0. The summed E-state index contributed by atoms with van der Waals surface area (Å²) in [6, 6.07) is 3.88. The summed E-state index contributed by atoms with van der Waals surface area (Å²) in [7, 11) is 0. The number of hydrogen-bond donors (Lipinski definition) is 2. The van der Waals surface area contributed by atoms with E-state index in [1.165, 1.54) is 6.07 Å². The molecule has 1 atom stereocenters. The first kappa shape index (κ1) is 16.4. The molecule has 134 valence electrons. The van der Waals surface area contributed by atoms with Gasteiger partial charge < -0.3 is 5.32 Å². The minimum absolute atomic E-state index is 0.0454. The van der Waals surface area contributed by atoms with Crippen LogP contribution in [0.2, 0.25) is 0 Å². The number of hydrogen-bond acceptors (Lipinski definition) is 5. The Kier molecular flexibility index (Phi) is 3.82. The van der Waals surface area contributed by atoms with Gasteiger partial charge in [0.2, 0.25) is 17.7 Å². The molecule has 1 aromatic carbocycles. The van der Waals surface area contributed by atoms with Gasteiger partial charge in [-0.15, -0.1) is 0 Å². The molecule has 4 rings (SSSR count). The molecule has 1 aliphatic carbocycles. The average Bonchev–Trinajstić information content (AvgIpc) is 3.42. The molecule has 26 heavy (non-hydrogen) atoms. The number of piperidine rings is 1. The van der Waals surface area contributed by atoms with E-state index in [1.54, 1.807) is 12.1 Å². The molecule has 0 aromatic heterocycles. The SMILES string of the molecule is O=C1CCC(N2C(=O)c3cccc(CNC(=O)C4CC4)c3C2=O)C(=O)N1. The van der Waals surface area contributed by atoms with E-state index in [4.69, 9.17) is 0 Å². The summed E-state index contributed by atoms with van der Waals surface area (Å²) in [5, 5.41) is 4.96. The molecule has 3 aliphatic rings. The molecule has 1 saturated heterocycles. The van der Waals surface area contributed by atoms with Gasteiger partial charge in [0.25, 0.3) is 11.8 Å². The molecule has 2 heterocycles. The molecule has 0 spiro atoms. The minimum Gasteiger partial charge on any atom is -0.352 e. The van der Waals surface area contributed by atoms with Gasteiger partial charge in [-0.25, -0.2) is 0 Å². The van der Waals surface area contributed by atoms with Crippen LogP contribution < -0.4 is 10.6 Å². The van der Waals surface area contributed by atoms with E-state index in [1.807, 2.05) is 0 Å². The minimum atomic E-state index is -0.992. The number of nitrogens with one attached hydrogen (secondary N) is 2. The molecule has 2 fully saturated rings. The largest absolute Gasteiger partial charge is 0.352 e. The third-order valence-corrected chi connectivity index (χ3v) is 4.96. The number of carbonyl (C=O) groups is 5. The van der Waals surface area contributed by atoms with E-state index >= 15 is 0 Å². The Morgan fingerprint density at radius 1 is 1.12 bits per heavy atom. The molecule has 2 N–H and O–H groups in total. The lowest BCUT2D eigenvalue weighted by molar-refractivity contribution is -0.136. The first-order valence-corrected chi connectivity index (χ1v) is 8.58. The molecule has 0 bridgehead atoms. The van der Waals surface area contributed by atoms with Crippen LogP contribution in [0.1, 0.15) is 52.0 Å². The standard InChI is InChI=1S/C18H17N3O5/c22-13-7-6-12(16(24)20-13)21-17(25)11-3-1-2-10(14(11)18(21)26)8-19-15(23)9-4-5-9/h1-3,9,12H,4-8H2,(H,19,23)(H,20,22,24). The van der Waals surface area contributed by atoms with Crippen LogP contribution in [-0.4, -0.2) is 40.5 Å². The highest BCUT2D eigenvalue weighted by atomic mass is 16.2. The number of benzene rings is 1. The lowest BCUT2D eigenvalue weighted by Crippen LogP contribution is -2.54. The van der Waals surface area contributed by atoms with Crippen LogP contribution in [0.5, 0.6) is 0 Å². The number of imide groups is 2. The molecule has 5 amide bonds. The zero-order valence-electron chi connectivity index (χ0n) is 13.9. The number of nitrogens with zero attached hydrogens (tertiary/aromatic N) is 1. The maximum atomic E-state index is 12.9. The third-order valence-electron chi connectivity index (χ3n) is 4.96. The van der Waals surface area contributed by atoms with Crippen LogP contribution in [0.15, 0.2) is 18.2 Å². The topological polar surface area (TPSA) is 113 Å². The maximum Gasteiger partial charge on any atom is 0.262 e. The van der Waals surface area contributed by atoms with E-state index < -0.39 is 29.7 Å². The Labute approximate surface area is 148 Å². The quantitative estimate of drug-likeness (QED) is 0.745. The van der Waals surface area contributed by atoms with Crippen molar-refractivity contribution >= 4 is 29.5 Å². The number of rotatable bonds is 4. The van der Waals surface area contributed by atoms with Crippen molar-refractivity contribution in [2.75, 3.05) is 0 Å². The van der Waals surface area contributed by atoms with Crippen molar-refractivity contribution in [1.82, 2.24) is 15.5 Å². The van der Waals surface area contributed by atoms with E-state index in [0.717, 1.165) is 17.7 Å². The van der Waals surface area contributed by atoms with Crippen LogP contribution in [0.25, 0.3) is 0 Å². The van der Waals surface area contributed by atoms with Gasteiger partial charge in [-0.1, -0.05) is 12.1 Å². The van der Waals surface area contributed by atoms with Gasteiger partial charge >= 0.3 is 0 Å². The lowest BCUT2D eigenvalue weighted by atomic mass is 10.0. The van der Waals surface area contributed by atoms with Gasteiger partial charge in [0.05, 0.1) is 11.1 Å². The fraction of sp³-hybridized carbons (Fsp3) is 0.389. The summed E-state index contributed by atoms with van der Waals surface area (Å²) in [5.74, 6) is -2.17. The van der Waals surface area contributed by atoms with Crippen molar-refractivity contribution in [2.45, 2.75) is 38.3 Å². The summed E-state index contributed by atoms with van der Waals surface area (Å²) < 4.78 is 0. The van der Waals surface area contributed by atoms with Gasteiger partial charge in [-0.2, -0.15) is 0 Å². The van der Waals surface area contributed by atoms with Crippen molar-refractivity contribution in [2.24, 2.45) is 5.92 Å². The van der Waals surface area contributed by atoms with E-state index in [2.05, 4.69) is 10.6 Å². The molecule has 2 aliphatic heterocycles. The predicted octanol–water partition coefficient (Wildman–Crippen LogP) is 0.114. The van der Waals surface area contributed by atoms with Crippen LogP contribution >= 0.6 is 0 Å². The van der Waals surface area contributed by atoms with Crippen molar-refractivity contribution in [3.8, 4) is 0 Å². The van der Waals surface area contributed by atoms with Crippen LogP contribution in [0.4, 0.5) is 0 Å². The zero-order chi connectivity index (χ0) is 18.4. The van der Waals surface area contributed by atoms with Crippen LogP contribution in [0, 0.1) is 5.92 Å². The highest BCUT2D eigenvalue weighted by molar-refractivity contribution is 6.24. The van der Waals surface area contributed by atoms with Crippen molar-refractivity contribution in [1.29, 1.82) is 0 Å². The zero-order valence-corrected chi connectivity index (χ0v) is 13.9. The Morgan fingerprint density at radius 2 is 1.88 bits per heavy atom. The highest BCUT2D eigenvalue weighted by Crippen LogP contribution is 2.31. The van der Waals surface area contributed by atoms with Gasteiger partial charge in [0.15, 0.2) is 0 Å². The fourth-order valence-corrected chi connectivity index (χ4v) is 3.40. The lowest BCUT2D eigenvalue weighted by Gasteiger charge is -2.27. The molecule has 1 aromatic rings. The van der Waals surface area contributed by atoms with E-state index in [-0.39, 0.29) is 42.3 Å². The Hall–Kier alpha value is -3.03. The molecule has 0 radical (unpaired) electrons. The van der Waals surface area contributed by atoms with Gasteiger partial charge in [0.1, 0.15) is 6.04 Å². The molecule has 1 saturated carbocycles. The summed E-state index contributed by atoms with van der Waals surface area (Å²) in [4.78, 5) is 61.7. The summed E-state index contributed by atoms with van der Waals surface area (Å²) in [6.07, 6.45) is 1.94. The van der Waals surface area contributed by atoms with E-state index in [0.29, 0.717) is 5.56 Å². The van der Waals surface area contributed by atoms with Gasteiger partial charge in [-0.05, 0) is 30.9 Å². The smallest absolute Gasteiger partial charge is 0.262 e.